The third-order valence-electron chi connectivity index (χ3n) is 3.32. The molecule has 0 atom stereocenters. The molecule has 22 heavy (non-hydrogen) atoms. The van der Waals surface area contributed by atoms with E-state index in [0.717, 1.165) is 11.8 Å². The Labute approximate surface area is 128 Å². The van der Waals surface area contributed by atoms with E-state index >= 15 is 0 Å². The fourth-order valence-electron chi connectivity index (χ4n) is 2.09. The maximum absolute atomic E-state index is 11.9. The van der Waals surface area contributed by atoms with E-state index in [4.69, 9.17) is 5.11 Å². The lowest BCUT2D eigenvalue weighted by Gasteiger charge is -2.12. The van der Waals surface area contributed by atoms with E-state index in [1.54, 1.807) is 11.6 Å². The van der Waals surface area contributed by atoms with Crippen LogP contribution in [0.5, 0.6) is 0 Å². The van der Waals surface area contributed by atoms with Crippen molar-refractivity contribution in [1.82, 2.24) is 9.78 Å². The van der Waals surface area contributed by atoms with Crippen LogP contribution in [0.15, 0.2) is 41.2 Å². The largest absolute Gasteiger partial charge is 0.478 e. The van der Waals surface area contributed by atoms with Gasteiger partial charge in [0.15, 0.2) is 0 Å². The van der Waals surface area contributed by atoms with Gasteiger partial charge in [-0.2, -0.15) is 5.10 Å². The summed E-state index contributed by atoms with van der Waals surface area (Å²) < 4.78 is 1.63. The molecule has 0 aliphatic carbocycles. The van der Waals surface area contributed by atoms with Crippen molar-refractivity contribution in [2.45, 2.75) is 26.7 Å². The van der Waals surface area contributed by atoms with Crippen molar-refractivity contribution in [3.05, 3.63) is 63.6 Å². The zero-order valence-electron chi connectivity index (χ0n) is 12.8. The minimum atomic E-state index is -1.12. The maximum atomic E-state index is 11.9. The fourth-order valence-corrected chi connectivity index (χ4v) is 2.09. The monoisotopic (exact) mass is 298 g/mol. The van der Waals surface area contributed by atoms with Crippen molar-refractivity contribution in [2.75, 3.05) is 0 Å². The van der Waals surface area contributed by atoms with Gasteiger partial charge in [0.05, 0.1) is 5.69 Å². The normalized spacial score (nSPS) is 11.3. The second kappa shape index (κ2) is 6.39. The van der Waals surface area contributed by atoms with Crippen LogP contribution in [0.25, 0.3) is 11.8 Å². The molecular formula is C17H18N2O3. The lowest BCUT2D eigenvalue weighted by molar-refractivity contribution is -0.131. The zero-order chi connectivity index (χ0) is 16.3. The molecule has 0 saturated carbocycles. The summed E-state index contributed by atoms with van der Waals surface area (Å²) in [4.78, 5) is 22.4. The van der Waals surface area contributed by atoms with Crippen LogP contribution in [0, 0.1) is 6.92 Å². The highest BCUT2D eigenvalue weighted by Gasteiger charge is 2.07. The number of hydrogen-bond acceptors (Lipinski definition) is 3. The van der Waals surface area contributed by atoms with Crippen LogP contribution in [0.1, 0.15) is 36.7 Å². The quantitative estimate of drug-likeness (QED) is 0.881. The number of aromatic nitrogens is 2. The van der Waals surface area contributed by atoms with Crippen molar-refractivity contribution in [3.8, 4) is 5.69 Å². The first-order valence-electron chi connectivity index (χ1n) is 7.01. The molecular weight excluding hydrogens is 280 g/mol. The number of hydrogen-bond donors (Lipinski definition) is 1. The van der Waals surface area contributed by atoms with Crippen LogP contribution in [-0.2, 0) is 4.79 Å². The number of nitrogens with zero attached hydrogens (tertiary/aromatic N) is 2. The van der Waals surface area contributed by atoms with Crippen LogP contribution < -0.4 is 5.43 Å². The predicted octanol–water partition coefficient (Wildman–Crippen LogP) is 2.76. The summed E-state index contributed by atoms with van der Waals surface area (Å²) in [5.74, 6) is -0.680. The lowest BCUT2D eigenvalue weighted by atomic mass is 10.0. The van der Waals surface area contributed by atoms with Crippen molar-refractivity contribution >= 4 is 12.0 Å². The molecule has 0 amide bonds. The van der Waals surface area contributed by atoms with Gasteiger partial charge in [-0.3, -0.25) is 4.79 Å². The molecule has 0 bridgehead atoms. The second-order valence-corrected chi connectivity index (χ2v) is 5.36. The molecule has 2 aromatic rings. The van der Waals surface area contributed by atoms with Gasteiger partial charge in [0.2, 0.25) is 5.43 Å². The number of benzene rings is 1. The number of carboxylic acids is 1. The van der Waals surface area contributed by atoms with E-state index in [2.05, 4.69) is 18.9 Å². The molecule has 0 unspecified atom stereocenters. The third-order valence-corrected chi connectivity index (χ3v) is 3.32. The van der Waals surface area contributed by atoms with Gasteiger partial charge in [-0.15, -0.1) is 0 Å². The summed E-state index contributed by atoms with van der Waals surface area (Å²) in [6.07, 6.45) is 2.12. The van der Waals surface area contributed by atoms with Crippen molar-refractivity contribution in [1.29, 1.82) is 0 Å². The number of rotatable bonds is 4. The topological polar surface area (TPSA) is 72.2 Å². The molecule has 114 valence electrons. The molecule has 1 heterocycles. The van der Waals surface area contributed by atoms with Gasteiger partial charge >= 0.3 is 5.97 Å². The molecule has 5 nitrogen and oxygen atoms in total. The lowest BCUT2D eigenvalue weighted by Crippen LogP contribution is -2.16. The van der Waals surface area contributed by atoms with E-state index in [1.165, 1.54) is 17.7 Å². The van der Waals surface area contributed by atoms with E-state index < -0.39 is 5.97 Å². The zero-order valence-corrected chi connectivity index (χ0v) is 12.8. The molecule has 1 aromatic heterocycles. The molecule has 0 spiro atoms. The molecule has 0 saturated heterocycles. The Bertz CT molecular complexity index is 771. The van der Waals surface area contributed by atoms with Crippen LogP contribution >= 0.6 is 0 Å². The van der Waals surface area contributed by atoms with E-state index in [9.17, 15) is 9.59 Å². The Morgan fingerprint density at radius 2 is 1.91 bits per heavy atom. The van der Waals surface area contributed by atoms with E-state index in [0.29, 0.717) is 11.6 Å². The van der Waals surface area contributed by atoms with Gasteiger partial charge in [-0.05, 0) is 36.6 Å². The fraction of sp³-hybridized carbons (Fsp3) is 0.235. The average molecular weight is 298 g/mol. The Hall–Kier alpha value is -2.69. The molecule has 1 N–H and O–H groups in total. The smallest absolute Gasteiger partial charge is 0.328 e. The first-order valence-corrected chi connectivity index (χ1v) is 7.01. The van der Waals surface area contributed by atoms with Gasteiger partial charge in [-0.1, -0.05) is 26.0 Å². The van der Waals surface area contributed by atoms with Crippen LogP contribution in [0.3, 0.4) is 0 Å². The second-order valence-electron chi connectivity index (χ2n) is 5.36. The summed E-state index contributed by atoms with van der Waals surface area (Å²) in [6.45, 7) is 6.02. The highest BCUT2D eigenvalue weighted by molar-refractivity contribution is 5.84. The summed E-state index contributed by atoms with van der Waals surface area (Å²) >= 11 is 0. The molecule has 0 fully saturated rings. The summed E-state index contributed by atoms with van der Waals surface area (Å²) in [5.41, 5.74) is 2.53. The summed E-state index contributed by atoms with van der Waals surface area (Å²) in [7, 11) is 0. The Morgan fingerprint density at radius 1 is 1.27 bits per heavy atom. The summed E-state index contributed by atoms with van der Waals surface area (Å²) in [6, 6.07) is 9.36. The van der Waals surface area contributed by atoms with Gasteiger partial charge < -0.3 is 5.11 Å². The highest BCUT2D eigenvalue weighted by Crippen LogP contribution is 2.17. The standard InChI is InChI=1S/C17H18N2O3/c1-11(2)13-4-6-14(7-5-13)19-12(3)10-16(20)15(18-19)8-9-17(21)22/h4-11H,1-3H3,(H,21,22)/b9-8+. The summed E-state index contributed by atoms with van der Waals surface area (Å²) in [5, 5.41) is 12.9. The minimum absolute atomic E-state index is 0.0981. The molecule has 2 rings (SSSR count). The van der Waals surface area contributed by atoms with Crippen LogP contribution in [-0.4, -0.2) is 20.9 Å². The van der Waals surface area contributed by atoms with Gasteiger partial charge in [-0.25, -0.2) is 9.48 Å². The number of aliphatic carboxylic acids is 1. The first-order chi connectivity index (χ1) is 10.4. The van der Waals surface area contributed by atoms with Crippen molar-refractivity contribution < 1.29 is 9.90 Å². The minimum Gasteiger partial charge on any atom is -0.478 e. The van der Waals surface area contributed by atoms with E-state index in [1.807, 2.05) is 24.3 Å². The molecule has 0 aliphatic rings. The predicted molar refractivity (Wildman–Crippen MR) is 85.3 cm³/mol. The average Bonchev–Trinajstić information content (AvgIpc) is 2.46. The van der Waals surface area contributed by atoms with Gasteiger partial charge in [0, 0.05) is 17.8 Å². The maximum Gasteiger partial charge on any atom is 0.328 e. The number of carbonyl (C=O) groups is 1. The number of aryl methyl sites for hydroxylation is 1. The van der Waals surface area contributed by atoms with Crippen LogP contribution in [0.4, 0.5) is 0 Å². The SMILES string of the molecule is Cc1cc(=O)c(/C=C/C(=O)O)nn1-c1ccc(C(C)C)cc1. The van der Waals surface area contributed by atoms with Crippen molar-refractivity contribution in [3.63, 3.8) is 0 Å². The molecule has 0 radical (unpaired) electrons. The molecule has 5 heteroatoms. The molecule has 0 aliphatic heterocycles. The van der Waals surface area contributed by atoms with Gasteiger partial charge in [0.1, 0.15) is 5.69 Å². The Balaban J connectivity index is 2.48. The Morgan fingerprint density at radius 3 is 2.45 bits per heavy atom. The third kappa shape index (κ3) is 3.49. The van der Waals surface area contributed by atoms with Crippen LogP contribution in [0.2, 0.25) is 0 Å². The first kappa shape index (κ1) is 15.7. The van der Waals surface area contributed by atoms with Gasteiger partial charge in [0.25, 0.3) is 0 Å². The Kier molecular flexibility index (Phi) is 4.56. The number of carboxylic acid groups (broad SMARTS) is 1. The molecule has 1 aromatic carbocycles. The highest BCUT2D eigenvalue weighted by atomic mass is 16.4. The van der Waals surface area contributed by atoms with Crippen molar-refractivity contribution in [2.24, 2.45) is 0 Å². The van der Waals surface area contributed by atoms with E-state index in [-0.39, 0.29) is 11.1 Å².